The third kappa shape index (κ3) is 2.28. The second kappa shape index (κ2) is 4.71. The van der Waals surface area contributed by atoms with E-state index in [0.717, 1.165) is 15.9 Å². The minimum absolute atomic E-state index is 0.487. The van der Waals surface area contributed by atoms with Crippen LogP contribution in [0.25, 0.3) is 0 Å². The summed E-state index contributed by atoms with van der Waals surface area (Å²) in [5.41, 5.74) is 0.991. The fourth-order valence-electron chi connectivity index (χ4n) is 1.21. The number of aromatic amines is 1. The van der Waals surface area contributed by atoms with Crippen LogP contribution in [0.1, 0.15) is 11.4 Å². The third-order valence-corrected chi connectivity index (χ3v) is 3.02. The molecule has 1 aromatic carbocycles. The molecule has 0 saturated carbocycles. The highest BCUT2D eigenvalue weighted by molar-refractivity contribution is 9.10. The van der Waals surface area contributed by atoms with E-state index < -0.39 is 0 Å². The molecule has 2 rings (SSSR count). The van der Waals surface area contributed by atoms with Crippen molar-refractivity contribution in [2.75, 3.05) is 0 Å². The van der Waals surface area contributed by atoms with Crippen molar-refractivity contribution in [3.8, 4) is 0 Å². The topological polar surface area (TPSA) is 46.0 Å². The van der Waals surface area contributed by atoms with Crippen molar-refractivity contribution in [3.05, 3.63) is 44.9 Å². The number of benzene rings is 1. The largest absolute Gasteiger partial charge is 0.250 e. The van der Waals surface area contributed by atoms with Gasteiger partial charge in [0, 0.05) is 10.0 Å². The predicted octanol–water partition coefficient (Wildman–Crippen LogP) is 2.89. The summed E-state index contributed by atoms with van der Waals surface area (Å²) < 4.78 is 3.06. The first kappa shape index (κ1) is 11.2. The van der Waals surface area contributed by atoms with Gasteiger partial charge in [-0.2, -0.15) is 14.9 Å². The van der Waals surface area contributed by atoms with Crippen molar-refractivity contribution < 1.29 is 0 Å². The average molecular weight is 297 g/mol. The fourth-order valence-corrected chi connectivity index (χ4v) is 1.82. The summed E-state index contributed by atoms with van der Waals surface area (Å²) in [5.74, 6) is 0.730. The Morgan fingerprint density at radius 3 is 2.88 bits per heavy atom. The Morgan fingerprint density at radius 2 is 2.25 bits per heavy atom. The first-order valence-electron chi connectivity index (χ1n) is 4.61. The number of nitrogens with zero attached hydrogens (tertiary/aromatic N) is 3. The molecule has 0 bridgehead atoms. The molecule has 16 heavy (non-hydrogen) atoms. The van der Waals surface area contributed by atoms with Crippen molar-refractivity contribution in [2.45, 2.75) is 6.92 Å². The van der Waals surface area contributed by atoms with Crippen LogP contribution in [-0.4, -0.2) is 21.1 Å². The molecule has 82 valence electrons. The Kier molecular flexibility index (Phi) is 3.31. The van der Waals surface area contributed by atoms with Gasteiger partial charge in [-0.05, 0) is 25.2 Å². The zero-order chi connectivity index (χ0) is 11.5. The zero-order valence-corrected chi connectivity index (χ0v) is 10.9. The Morgan fingerprint density at radius 1 is 1.50 bits per heavy atom. The molecular weight excluding hydrogens is 288 g/mol. The molecule has 0 aliphatic rings. The van der Waals surface area contributed by atoms with Crippen LogP contribution < -0.4 is 0 Å². The minimum atomic E-state index is 0.487. The molecular formula is C10H9BrN4S. The Balaban J connectivity index is 2.36. The van der Waals surface area contributed by atoms with Crippen LogP contribution in [0.4, 0.5) is 0 Å². The number of aromatic nitrogens is 3. The second-order valence-corrected chi connectivity index (χ2v) is 4.39. The number of H-pyrrole nitrogens is 1. The van der Waals surface area contributed by atoms with Crippen LogP contribution in [0.15, 0.2) is 33.8 Å². The number of hydrogen-bond donors (Lipinski definition) is 1. The monoisotopic (exact) mass is 296 g/mol. The average Bonchev–Trinajstić information content (AvgIpc) is 2.58. The van der Waals surface area contributed by atoms with Crippen molar-refractivity contribution >= 4 is 34.4 Å². The molecule has 0 saturated heterocycles. The van der Waals surface area contributed by atoms with E-state index in [1.165, 1.54) is 0 Å². The van der Waals surface area contributed by atoms with Crippen LogP contribution in [0.2, 0.25) is 0 Å². The summed E-state index contributed by atoms with van der Waals surface area (Å²) in [6, 6.07) is 7.83. The van der Waals surface area contributed by atoms with Crippen LogP contribution in [0.5, 0.6) is 0 Å². The van der Waals surface area contributed by atoms with Gasteiger partial charge >= 0.3 is 0 Å². The molecule has 2 aromatic rings. The predicted molar refractivity (Wildman–Crippen MR) is 69.3 cm³/mol. The molecule has 0 spiro atoms. The molecule has 0 aliphatic carbocycles. The smallest absolute Gasteiger partial charge is 0.216 e. The van der Waals surface area contributed by atoms with Crippen LogP contribution in [-0.2, 0) is 0 Å². The summed E-state index contributed by atoms with van der Waals surface area (Å²) in [6.07, 6.45) is 1.74. The molecule has 6 heteroatoms. The van der Waals surface area contributed by atoms with Gasteiger partial charge in [0.05, 0.1) is 6.21 Å². The summed E-state index contributed by atoms with van der Waals surface area (Å²) in [5, 5.41) is 10.9. The molecule has 1 heterocycles. The van der Waals surface area contributed by atoms with E-state index in [0.29, 0.717) is 4.77 Å². The van der Waals surface area contributed by atoms with E-state index in [1.807, 2.05) is 31.2 Å². The van der Waals surface area contributed by atoms with E-state index in [4.69, 9.17) is 12.2 Å². The number of rotatable bonds is 2. The normalized spacial score (nSPS) is 11.1. The Bertz CT molecular complexity index is 585. The van der Waals surface area contributed by atoms with Crippen LogP contribution >= 0.6 is 28.1 Å². The fraction of sp³-hybridized carbons (Fsp3) is 0.100. The van der Waals surface area contributed by atoms with Crippen molar-refractivity contribution in [3.63, 3.8) is 0 Å². The minimum Gasteiger partial charge on any atom is -0.250 e. The first-order chi connectivity index (χ1) is 7.68. The van der Waals surface area contributed by atoms with Gasteiger partial charge in [0.25, 0.3) is 0 Å². The van der Waals surface area contributed by atoms with Crippen molar-refractivity contribution in [1.29, 1.82) is 0 Å². The highest BCUT2D eigenvalue weighted by Crippen LogP contribution is 2.13. The summed E-state index contributed by atoms with van der Waals surface area (Å²) in [6.45, 7) is 1.84. The summed E-state index contributed by atoms with van der Waals surface area (Å²) in [7, 11) is 0. The molecule has 1 N–H and O–H groups in total. The molecule has 0 amide bonds. The van der Waals surface area contributed by atoms with E-state index in [9.17, 15) is 0 Å². The number of aryl methyl sites for hydroxylation is 1. The van der Waals surface area contributed by atoms with Gasteiger partial charge in [-0.25, -0.2) is 0 Å². The Hall–Kier alpha value is -1.27. The highest BCUT2D eigenvalue weighted by Gasteiger charge is 1.98. The second-order valence-electron chi connectivity index (χ2n) is 3.15. The van der Waals surface area contributed by atoms with Gasteiger partial charge in [-0.1, -0.05) is 34.1 Å². The third-order valence-electron chi connectivity index (χ3n) is 2.03. The highest BCUT2D eigenvalue weighted by atomic mass is 79.9. The number of hydrogen-bond acceptors (Lipinski definition) is 3. The van der Waals surface area contributed by atoms with E-state index in [1.54, 1.807) is 10.9 Å². The lowest BCUT2D eigenvalue weighted by Gasteiger charge is -1.97. The number of halogens is 1. The van der Waals surface area contributed by atoms with Gasteiger partial charge in [0.1, 0.15) is 5.82 Å². The molecule has 4 nitrogen and oxygen atoms in total. The van der Waals surface area contributed by atoms with Crippen LogP contribution in [0.3, 0.4) is 0 Å². The SMILES string of the molecule is Cc1n[nH]c(=S)n1/N=C\c1ccccc1Br. The van der Waals surface area contributed by atoms with Gasteiger partial charge < -0.3 is 0 Å². The Labute approximate surface area is 106 Å². The van der Waals surface area contributed by atoms with Gasteiger partial charge in [0.2, 0.25) is 4.77 Å². The lowest BCUT2D eigenvalue weighted by Crippen LogP contribution is -1.94. The molecule has 0 aliphatic heterocycles. The van der Waals surface area contributed by atoms with Crippen LogP contribution in [0, 0.1) is 11.7 Å². The van der Waals surface area contributed by atoms with E-state index >= 15 is 0 Å². The quantitative estimate of drug-likeness (QED) is 0.684. The van der Waals surface area contributed by atoms with E-state index in [2.05, 4.69) is 31.2 Å². The molecule has 0 atom stereocenters. The maximum Gasteiger partial charge on any atom is 0.216 e. The maximum absolute atomic E-state index is 5.04. The maximum atomic E-state index is 5.04. The van der Waals surface area contributed by atoms with Gasteiger partial charge in [-0.15, -0.1) is 0 Å². The van der Waals surface area contributed by atoms with Gasteiger partial charge in [-0.3, -0.25) is 5.10 Å². The van der Waals surface area contributed by atoms with Crippen molar-refractivity contribution in [2.24, 2.45) is 5.10 Å². The van der Waals surface area contributed by atoms with Crippen molar-refractivity contribution in [1.82, 2.24) is 14.9 Å². The van der Waals surface area contributed by atoms with Gasteiger partial charge in [0.15, 0.2) is 0 Å². The standard InChI is InChI=1S/C10H9BrN4S/c1-7-13-14-10(16)15(7)12-6-8-4-2-3-5-9(8)11/h2-6H,1H3,(H,14,16)/b12-6-. The lowest BCUT2D eigenvalue weighted by atomic mass is 10.2. The molecule has 0 unspecified atom stereocenters. The molecule has 1 aromatic heterocycles. The number of nitrogens with one attached hydrogen (secondary N) is 1. The van der Waals surface area contributed by atoms with E-state index in [-0.39, 0.29) is 0 Å². The summed E-state index contributed by atoms with van der Waals surface area (Å²) in [4.78, 5) is 0. The zero-order valence-electron chi connectivity index (χ0n) is 8.51. The summed E-state index contributed by atoms with van der Waals surface area (Å²) >= 11 is 8.49. The lowest BCUT2D eigenvalue weighted by molar-refractivity contribution is 0.820. The molecule has 0 radical (unpaired) electrons. The molecule has 0 fully saturated rings. The first-order valence-corrected chi connectivity index (χ1v) is 5.81.